The number of fused-ring (bicyclic) bond motifs is 1. The summed E-state index contributed by atoms with van der Waals surface area (Å²) in [5.74, 6) is -0.371. The Morgan fingerprint density at radius 2 is 1.81 bits per heavy atom. The molecule has 0 spiro atoms. The zero-order valence-corrected chi connectivity index (χ0v) is 14.8. The van der Waals surface area contributed by atoms with Gasteiger partial charge in [-0.05, 0) is 42.0 Å². The molecule has 1 fully saturated rings. The van der Waals surface area contributed by atoms with Gasteiger partial charge in [0.25, 0.3) is 5.91 Å². The normalized spacial score (nSPS) is 15.0. The zero-order valence-electron chi connectivity index (χ0n) is 14.8. The molecule has 136 valence electrons. The van der Waals surface area contributed by atoms with E-state index in [2.05, 4.69) is 16.0 Å². The number of H-pyrrole nitrogens is 1. The highest BCUT2D eigenvalue weighted by Gasteiger charge is 2.23. The van der Waals surface area contributed by atoms with E-state index >= 15 is 0 Å². The third kappa shape index (κ3) is 3.69. The number of nitriles is 1. The number of amides is 1. The molecule has 0 unspecified atom stereocenters. The predicted molar refractivity (Wildman–Crippen MR) is 101 cm³/mol. The minimum Gasteiger partial charge on any atom is -0.350 e. The van der Waals surface area contributed by atoms with Gasteiger partial charge in [-0.1, -0.05) is 12.1 Å². The van der Waals surface area contributed by atoms with Gasteiger partial charge in [-0.3, -0.25) is 9.69 Å². The topological polar surface area (TPSA) is 63.1 Å². The summed E-state index contributed by atoms with van der Waals surface area (Å²) in [6.07, 6.45) is 0. The lowest BCUT2D eigenvalue weighted by molar-refractivity contribution is 0.0623. The third-order valence-corrected chi connectivity index (χ3v) is 4.96. The van der Waals surface area contributed by atoms with Crippen LogP contribution >= 0.6 is 0 Å². The van der Waals surface area contributed by atoms with Crippen molar-refractivity contribution in [2.24, 2.45) is 0 Å². The van der Waals surface area contributed by atoms with Crippen LogP contribution in [0.4, 0.5) is 4.39 Å². The summed E-state index contributed by atoms with van der Waals surface area (Å²) in [7, 11) is 0. The van der Waals surface area contributed by atoms with Gasteiger partial charge >= 0.3 is 0 Å². The van der Waals surface area contributed by atoms with Crippen LogP contribution in [0, 0.1) is 17.1 Å². The molecule has 1 aromatic heterocycles. The Balaban J connectivity index is 1.37. The quantitative estimate of drug-likeness (QED) is 0.779. The fourth-order valence-corrected chi connectivity index (χ4v) is 3.44. The molecule has 1 aliphatic rings. The lowest BCUT2D eigenvalue weighted by Gasteiger charge is -2.34. The molecule has 6 heteroatoms. The SMILES string of the molecule is N#Cc1ccc(CN2CCN(C(=O)c3cc4ccc(F)cc4[nH]3)CC2)cc1. The molecule has 5 nitrogen and oxygen atoms in total. The number of carbonyl (C=O) groups is 1. The Labute approximate surface area is 156 Å². The van der Waals surface area contributed by atoms with E-state index in [1.165, 1.54) is 12.1 Å². The first-order valence-electron chi connectivity index (χ1n) is 8.91. The highest BCUT2D eigenvalue weighted by atomic mass is 19.1. The van der Waals surface area contributed by atoms with Gasteiger partial charge in [0.15, 0.2) is 0 Å². The number of aromatic amines is 1. The van der Waals surface area contributed by atoms with Crippen LogP contribution in [-0.4, -0.2) is 46.9 Å². The average molecular weight is 362 g/mol. The summed E-state index contributed by atoms with van der Waals surface area (Å²) in [4.78, 5) is 19.9. The number of piperazine rings is 1. The van der Waals surface area contributed by atoms with Crippen LogP contribution in [0.1, 0.15) is 21.6 Å². The van der Waals surface area contributed by atoms with E-state index in [0.717, 1.165) is 30.6 Å². The first-order valence-corrected chi connectivity index (χ1v) is 8.91. The number of benzene rings is 2. The van der Waals surface area contributed by atoms with Crippen LogP contribution in [0.5, 0.6) is 0 Å². The number of hydrogen-bond acceptors (Lipinski definition) is 3. The van der Waals surface area contributed by atoms with E-state index in [1.807, 2.05) is 29.2 Å². The van der Waals surface area contributed by atoms with Crippen molar-refractivity contribution in [2.75, 3.05) is 26.2 Å². The number of aromatic nitrogens is 1. The standard InChI is InChI=1S/C21H19FN4O/c22-18-6-5-17-11-20(24-19(17)12-18)21(27)26-9-7-25(8-10-26)14-16-3-1-15(13-23)2-4-16/h1-6,11-12,24H,7-10,14H2. The van der Waals surface area contributed by atoms with Gasteiger partial charge in [-0.25, -0.2) is 4.39 Å². The number of rotatable bonds is 3. The second-order valence-electron chi connectivity index (χ2n) is 6.79. The number of halogens is 1. The van der Waals surface area contributed by atoms with Crippen LogP contribution in [-0.2, 0) is 6.54 Å². The van der Waals surface area contributed by atoms with Crippen LogP contribution in [0.15, 0.2) is 48.5 Å². The van der Waals surface area contributed by atoms with Crippen molar-refractivity contribution < 1.29 is 9.18 Å². The Kier molecular flexibility index (Phi) is 4.61. The highest BCUT2D eigenvalue weighted by molar-refractivity contribution is 5.98. The number of nitrogens with zero attached hydrogens (tertiary/aromatic N) is 3. The molecule has 0 saturated carbocycles. The van der Waals surface area contributed by atoms with Gasteiger partial charge < -0.3 is 9.88 Å². The van der Waals surface area contributed by atoms with Crippen molar-refractivity contribution in [3.05, 3.63) is 71.2 Å². The minimum atomic E-state index is -0.320. The molecule has 1 saturated heterocycles. The first-order chi connectivity index (χ1) is 13.1. The summed E-state index contributed by atoms with van der Waals surface area (Å²) in [6, 6.07) is 16.0. The molecule has 0 atom stereocenters. The third-order valence-electron chi connectivity index (χ3n) is 4.96. The van der Waals surface area contributed by atoms with E-state index in [-0.39, 0.29) is 11.7 Å². The lowest BCUT2D eigenvalue weighted by atomic mass is 10.1. The maximum absolute atomic E-state index is 13.3. The molecule has 2 aromatic carbocycles. The second kappa shape index (κ2) is 7.22. The smallest absolute Gasteiger partial charge is 0.270 e. The Hall–Kier alpha value is -3.17. The molecule has 1 aliphatic heterocycles. The molecular formula is C21H19FN4O. The maximum atomic E-state index is 13.3. The van der Waals surface area contributed by atoms with Gasteiger partial charge in [-0.15, -0.1) is 0 Å². The zero-order chi connectivity index (χ0) is 18.8. The van der Waals surface area contributed by atoms with Gasteiger partial charge in [-0.2, -0.15) is 5.26 Å². The van der Waals surface area contributed by atoms with Crippen molar-refractivity contribution in [1.29, 1.82) is 5.26 Å². The Morgan fingerprint density at radius 1 is 1.07 bits per heavy atom. The average Bonchev–Trinajstić information content (AvgIpc) is 3.12. The van der Waals surface area contributed by atoms with Crippen molar-refractivity contribution in [2.45, 2.75) is 6.54 Å². The van der Waals surface area contributed by atoms with Crippen molar-refractivity contribution in [3.8, 4) is 6.07 Å². The van der Waals surface area contributed by atoms with Crippen LogP contribution < -0.4 is 0 Å². The fraction of sp³-hybridized carbons (Fsp3) is 0.238. The van der Waals surface area contributed by atoms with E-state index < -0.39 is 0 Å². The van der Waals surface area contributed by atoms with E-state index in [1.54, 1.807) is 12.1 Å². The minimum absolute atomic E-state index is 0.0513. The van der Waals surface area contributed by atoms with Gasteiger partial charge in [0, 0.05) is 43.6 Å². The van der Waals surface area contributed by atoms with Gasteiger partial charge in [0.1, 0.15) is 11.5 Å². The summed E-state index contributed by atoms with van der Waals surface area (Å²) in [5.41, 5.74) is 2.95. The molecule has 0 aliphatic carbocycles. The number of nitrogens with one attached hydrogen (secondary N) is 1. The lowest BCUT2D eigenvalue weighted by Crippen LogP contribution is -2.48. The fourth-order valence-electron chi connectivity index (χ4n) is 3.44. The predicted octanol–water partition coefficient (Wildman–Crippen LogP) is 3.14. The maximum Gasteiger partial charge on any atom is 0.270 e. The number of hydrogen-bond donors (Lipinski definition) is 1. The van der Waals surface area contributed by atoms with Crippen LogP contribution in [0.25, 0.3) is 10.9 Å². The molecular weight excluding hydrogens is 343 g/mol. The molecule has 0 radical (unpaired) electrons. The monoisotopic (exact) mass is 362 g/mol. The van der Waals surface area contributed by atoms with Gasteiger partial charge in [0.05, 0.1) is 11.6 Å². The summed E-state index contributed by atoms with van der Waals surface area (Å²) < 4.78 is 13.3. The largest absolute Gasteiger partial charge is 0.350 e. The van der Waals surface area contributed by atoms with E-state index in [0.29, 0.717) is 29.9 Å². The molecule has 27 heavy (non-hydrogen) atoms. The van der Waals surface area contributed by atoms with E-state index in [9.17, 15) is 9.18 Å². The van der Waals surface area contributed by atoms with Crippen molar-refractivity contribution in [1.82, 2.24) is 14.8 Å². The van der Waals surface area contributed by atoms with Crippen molar-refractivity contribution >= 4 is 16.8 Å². The summed E-state index contributed by atoms with van der Waals surface area (Å²) in [6.45, 7) is 3.69. The second-order valence-corrected chi connectivity index (χ2v) is 6.79. The Morgan fingerprint density at radius 3 is 2.52 bits per heavy atom. The van der Waals surface area contributed by atoms with Gasteiger partial charge in [0.2, 0.25) is 0 Å². The molecule has 1 amide bonds. The van der Waals surface area contributed by atoms with Crippen LogP contribution in [0.3, 0.4) is 0 Å². The molecule has 2 heterocycles. The van der Waals surface area contributed by atoms with Crippen molar-refractivity contribution in [3.63, 3.8) is 0 Å². The number of carbonyl (C=O) groups excluding carboxylic acids is 1. The molecule has 0 bridgehead atoms. The van der Waals surface area contributed by atoms with Crippen LogP contribution in [0.2, 0.25) is 0 Å². The van der Waals surface area contributed by atoms with E-state index in [4.69, 9.17) is 5.26 Å². The summed E-state index contributed by atoms with van der Waals surface area (Å²) in [5, 5.41) is 9.70. The first kappa shape index (κ1) is 17.3. The molecule has 4 rings (SSSR count). The molecule has 1 N–H and O–H groups in total. The summed E-state index contributed by atoms with van der Waals surface area (Å²) >= 11 is 0. The molecule has 3 aromatic rings. The highest BCUT2D eigenvalue weighted by Crippen LogP contribution is 2.19. The Bertz CT molecular complexity index is 1010.